The first-order chi connectivity index (χ1) is 13.8. The van der Waals surface area contributed by atoms with E-state index in [4.69, 9.17) is 16.3 Å². The van der Waals surface area contributed by atoms with Crippen LogP contribution in [0.25, 0.3) is 0 Å². The maximum Gasteiger partial charge on any atom is 0.269 e. The Morgan fingerprint density at radius 3 is 2.48 bits per heavy atom. The van der Waals surface area contributed by atoms with Gasteiger partial charge in [0, 0.05) is 17.1 Å². The predicted octanol–water partition coefficient (Wildman–Crippen LogP) is 3.11. The molecule has 0 atom stereocenters. The molecule has 0 bridgehead atoms. The van der Waals surface area contributed by atoms with Crippen molar-refractivity contribution in [3.63, 3.8) is 0 Å². The molecule has 0 fully saturated rings. The molecule has 2 N–H and O–H groups in total. The SMILES string of the molecule is Cc1ccc(C(=O)Nc2nnc(S(=O)(=O)NCCOc3ccc(Cl)cc3)s2)cc1. The van der Waals surface area contributed by atoms with Crippen LogP contribution in [0.2, 0.25) is 5.02 Å². The summed E-state index contributed by atoms with van der Waals surface area (Å²) in [6.07, 6.45) is 0. The number of amides is 1. The van der Waals surface area contributed by atoms with E-state index < -0.39 is 15.9 Å². The van der Waals surface area contributed by atoms with Crippen molar-refractivity contribution in [2.45, 2.75) is 11.3 Å². The molecule has 1 aromatic heterocycles. The number of anilines is 1. The molecule has 0 aliphatic heterocycles. The van der Waals surface area contributed by atoms with E-state index in [9.17, 15) is 13.2 Å². The number of hydrogen-bond acceptors (Lipinski definition) is 7. The van der Waals surface area contributed by atoms with Crippen molar-refractivity contribution in [3.05, 3.63) is 64.7 Å². The lowest BCUT2D eigenvalue weighted by molar-refractivity contribution is 0.102. The first-order valence-corrected chi connectivity index (χ1v) is 11.1. The highest BCUT2D eigenvalue weighted by atomic mass is 35.5. The fourth-order valence-corrected chi connectivity index (χ4v) is 4.26. The number of halogens is 1. The lowest BCUT2D eigenvalue weighted by Gasteiger charge is -2.07. The highest BCUT2D eigenvalue weighted by Crippen LogP contribution is 2.20. The highest BCUT2D eigenvalue weighted by molar-refractivity contribution is 7.91. The largest absolute Gasteiger partial charge is 0.492 e. The fourth-order valence-electron chi connectivity index (χ4n) is 2.18. The number of carbonyl (C=O) groups is 1. The fraction of sp³-hybridized carbons (Fsp3) is 0.167. The molecule has 0 unspecified atom stereocenters. The average molecular weight is 453 g/mol. The van der Waals surface area contributed by atoms with Gasteiger partial charge in [0.25, 0.3) is 15.9 Å². The molecule has 3 rings (SSSR count). The minimum absolute atomic E-state index is 0.0373. The Morgan fingerprint density at radius 1 is 1.10 bits per heavy atom. The van der Waals surface area contributed by atoms with E-state index in [-0.39, 0.29) is 22.6 Å². The Hall–Kier alpha value is -2.53. The molecule has 0 spiro atoms. The van der Waals surface area contributed by atoms with Crippen LogP contribution in [0.3, 0.4) is 0 Å². The summed E-state index contributed by atoms with van der Waals surface area (Å²) >= 11 is 6.55. The smallest absolute Gasteiger partial charge is 0.269 e. The van der Waals surface area contributed by atoms with E-state index in [1.807, 2.05) is 6.92 Å². The van der Waals surface area contributed by atoms with Gasteiger partial charge in [0.15, 0.2) is 0 Å². The van der Waals surface area contributed by atoms with E-state index in [1.54, 1.807) is 48.5 Å². The molecule has 0 aliphatic rings. The van der Waals surface area contributed by atoms with Crippen LogP contribution in [0.4, 0.5) is 5.13 Å². The molecule has 8 nitrogen and oxygen atoms in total. The van der Waals surface area contributed by atoms with Crippen LogP contribution >= 0.6 is 22.9 Å². The van der Waals surface area contributed by atoms with Gasteiger partial charge in [-0.1, -0.05) is 40.6 Å². The van der Waals surface area contributed by atoms with E-state index in [0.29, 0.717) is 16.3 Å². The second-order valence-electron chi connectivity index (χ2n) is 5.89. The van der Waals surface area contributed by atoms with E-state index in [1.165, 1.54) is 0 Å². The van der Waals surface area contributed by atoms with Crippen LogP contribution in [-0.4, -0.2) is 37.7 Å². The molecule has 152 valence electrons. The summed E-state index contributed by atoms with van der Waals surface area (Å²) in [6.45, 7) is 2.07. The number of ether oxygens (including phenoxy) is 1. The van der Waals surface area contributed by atoms with Crippen molar-refractivity contribution < 1.29 is 17.9 Å². The number of aromatic nitrogens is 2. The van der Waals surface area contributed by atoms with Gasteiger partial charge in [0.1, 0.15) is 12.4 Å². The Bertz CT molecular complexity index is 1080. The van der Waals surface area contributed by atoms with Gasteiger partial charge in [-0.3, -0.25) is 10.1 Å². The zero-order valence-electron chi connectivity index (χ0n) is 15.3. The zero-order valence-corrected chi connectivity index (χ0v) is 17.6. The minimum atomic E-state index is -3.86. The Morgan fingerprint density at radius 2 is 1.79 bits per heavy atom. The summed E-state index contributed by atoms with van der Waals surface area (Å²) in [5.74, 6) is 0.181. The topological polar surface area (TPSA) is 110 Å². The molecule has 1 amide bonds. The summed E-state index contributed by atoms with van der Waals surface area (Å²) in [7, 11) is -3.86. The van der Waals surface area contributed by atoms with E-state index in [2.05, 4.69) is 20.2 Å². The molecule has 1 heterocycles. The third kappa shape index (κ3) is 5.97. The second kappa shape index (κ2) is 9.31. The number of nitrogens with one attached hydrogen (secondary N) is 2. The van der Waals surface area contributed by atoms with Gasteiger partial charge in [-0.25, -0.2) is 13.1 Å². The predicted molar refractivity (Wildman–Crippen MR) is 111 cm³/mol. The van der Waals surface area contributed by atoms with Crippen LogP contribution in [0.1, 0.15) is 15.9 Å². The van der Waals surface area contributed by atoms with Crippen LogP contribution in [-0.2, 0) is 10.0 Å². The lowest BCUT2D eigenvalue weighted by Crippen LogP contribution is -2.28. The molecule has 0 saturated carbocycles. The van der Waals surface area contributed by atoms with Crippen molar-refractivity contribution in [3.8, 4) is 5.75 Å². The Balaban J connectivity index is 1.53. The van der Waals surface area contributed by atoms with Crippen molar-refractivity contribution >= 4 is 44.0 Å². The minimum Gasteiger partial charge on any atom is -0.492 e. The molecule has 0 radical (unpaired) electrons. The second-order valence-corrected chi connectivity index (χ2v) is 9.25. The summed E-state index contributed by atoms with van der Waals surface area (Å²) in [5.41, 5.74) is 1.46. The number of nitrogens with zero attached hydrogens (tertiary/aromatic N) is 2. The lowest BCUT2D eigenvalue weighted by atomic mass is 10.1. The Kier molecular flexibility index (Phi) is 6.80. The summed E-state index contributed by atoms with van der Waals surface area (Å²) in [5, 5.41) is 10.6. The van der Waals surface area contributed by atoms with E-state index in [0.717, 1.165) is 16.9 Å². The zero-order chi connectivity index (χ0) is 20.9. The van der Waals surface area contributed by atoms with Gasteiger partial charge >= 0.3 is 0 Å². The molecule has 0 saturated heterocycles. The molecule has 0 aliphatic carbocycles. The van der Waals surface area contributed by atoms with Crippen LogP contribution in [0, 0.1) is 6.92 Å². The monoisotopic (exact) mass is 452 g/mol. The van der Waals surface area contributed by atoms with Crippen LogP contribution in [0.15, 0.2) is 52.9 Å². The number of hydrogen-bond donors (Lipinski definition) is 2. The summed E-state index contributed by atoms with van der Waals surface area (Å²) in [6, 6.07) is 13.7. The molecular formula is C18H17ClN4O4S2. The molecule has 2 aromatic carbocycles. The highest BCUT2D eigenvalue weighted by Gasteiger charge is 2.20. The first kappa shape index (κ1) is 21.2. The van der Waals surface area contributed by atoms with E-state index >= 15 is 0 Å². The third-order valence-corrected chi connectivity index (χ3v) is 6.57. The molecule has 29 heavy (non-hydrogen) atoms. The summed E-state index contributed by atoms with van der Waals surface area (Å²) in [4.78, 5) is 12.2. The number of rotatable bonds is 8. The quantitative estimate of drug-likeness (QED) is 0.401. The maximum atomic E-state index is 12.3. The number of carbonyl (C=O) groups excluding carboxylic acids is 1. The molecule has 3 aromatic rings. The molecule has 11 heteroatoms. The van der Waals surface area contributed by atoms with Gasteiger partial charge in [0.2, 0.25) is 9.47 Å². The van der Waals surface area contributed by atoms with Crippen molar-refractivity contribution in [1.82, 2.24) is 14.9 Å². The average Bonchev–Trinajstić information content (AvgIpc) is 3.16. The third-order valence-electron chi connectivity index (χ3n) is 3.65. The van der Waals surface area contributed by atoms with Gasteiger partial charge in [-0.05, 0) is 43.3 Å². The number of sulfonamides is 1. The Labute approximate surface area is 176 Å². The number of aryl methyl sites for hydroxylation is 1. The van der Waals surface area contributed by atoms with Crippen molar-refractivity contribution in [2.75, 3.05) is 18.5 Å². The first-order valence-electron chi connectivity index (χ1n) is 8.43. The standard InChI is InChI=1S/C18H17ClN4O4S2/c1-12-2-4-13(5-3-12)16(24)21-17-22-23-18(28-17)29(25,26)20-10-11-27-15-8-6-14(19)7-9-15/h2-9,20H,10-11H2,1H3,(H,21,22,24). The van der Waals surface area contributed by atoms with Gasteiger partial charge in [0.05, 0.1) is 0 Å². The van der Waals surface area contributed by atoms with Gasteiger partial charge in [-0.15, -0.1) is 10.2 Å². The van der Waals surface area contributed by atoms with Crippen molar-refractivity contribution in [1.29, 1.82) is 0 Å². The normalized spacial score (nSPS) is 11.2. The van der Waals surface area contributed by atoms with Gasteiger partial charge < -0.3 is 4.74 Å². The van der Waals surface area contributed by atoms with Gasteiger partial charge in [-0.2, -0.15) is 0 Å². The maximum absolute atomic E-state index is 12.3. The number of benzene rings is 2. The van der Waals surface area contributed by atoms with Crippen LogP contribution < -0.4 is 14.8 Å². The summed E-state index contributed by atoms with van der Waals surface area (Å²) < 4.78 is 32.2. The molecular weight excluding hydrogens is 436 g/mol. The van der Waals surface area contributed by atoms with Crippen LogP contribution in [0.5, 0.6) is 5.75 Å². The van der Waals surface area contributed by atoms with Crippen molar-refractivity contribution in [2.24, 2.45) is 0 Å².